The number of methoxy groups -OCH3 is 1. The van der Waals surface area contributed by atoms with E-state index in [0.29, 0.717) is 13.2 Å². The SMILES string of the molecule is COCCOc1cccc2c1Cc1ccccc1-2. The van der Waals surface area contributed by atoms with Gasteiger partial charge in [0, 0.05) is 19.1 Å². The van der Waals surface area contributed by atoms with Gasteiger partial charge in [-0.1, -0.05) is 36.4 Å². The molecule has 3 rings (SSSR count). The van der Waals surface area contributed by atoms with Crippen LogP contribution in [0.25, 0.3) is 11.1 Å². The van der Waals surface area contributed by atoms with Gasteiger partial charge in [0.05, 0.1) is 6.61 Å². The first-order valence-corrected chi connectivity index (χ1v) is 6.22. The third-order valence-corrected chi connectivity index (χ3v) is 3.35. The topological polar surface area (TPSA) is 18.5 Å². The molecule has 2 nitrogen and oxygen atoms in total. The average molecular weight is 240 g/mol. The Hall–Kier alpha value is -1.80. The molecule has 0 amide bonds. The van der Waals surface area contributed by atoms with Crippen LogP contribution >= 0.6 is 0 Å². The lowest BCUT2D eigenvalue weighted by molar-refractivity contribution is 0.146. The van der Waals surface area contributed by atoms with Crippen molar-refractivity contribution in [3.63, 3.8) is 0 Å². The summed E-state index contributed by atoms with van der Waals surface area (Å²) in [6.45, 7) is 1.22. The molecule has 0 aliphatic heterocycles. The molecule has 0 aromatic heterocycles. The van der Waals surface area contributed by atoms with Gasteiger partial charge in [-0.15, -0.1) is 0 Å². The van der Waals surface area contributed by atoms with Gasteiger partial charge >= 0.3 is 0 Å². The Morgan fingerprint density at radius 3 is 2.67 bits per heavy atom. The Bertz CT molecular complexity index is 561. The second-order valence-corrected chi connectivity index (χ2v) is 4.46. The summed E-state index contributed by atoms with van der Waals surface area (Å²) in [7, 11) is 1.69. The van der Waals surface area contributed by atoms with Gasteiger partial charge in [0.1, 0.15) is 12.4 Å². The summed E-state index contributed by atoms with van der Waals surface area (Å²) in [5.41, 5.74) is 5.33. The molecule has 2 aromatic carbocycles. The van der Waals surface area contributed by atoms with Crippen molar-refractivity contribution >= 4 is 0 Å². The van der Waals surface area contributed by atoms with Crippen molar-refractivity contribution in [2.75, 3.05) is 20.3 Å². The molecular weight excluding hydrogens is 224 g/mol. The van der Waals surface area contributed by atoms with E-state index in [1.807, 2.05) is 6.07 Å². The van der Waals surface area contributed by atoms with Crippen LogP contribution < -0.4 is 4.74 Å². The number of fused-ring (bicyclic) bond motifs is 3. The quantitative estimate of drug-likeness (QED) is 0.651. The van der Waals surface area contributed by atoms with Crippen LogP contribution in [-0.4, -0.2) is 20.3 Å². The van der Waals surface area contributed by atoms with Crippen LogP contribution in [-0.2, 0) is 11.2 Å². The maximum absolute atomic E-state index is 5.80. The third-order valence-electron chi connectivity index (χ3n) is 3.35. The number of ether oxygens (including phenoxy) is 2. The molecule has 0 radical (unpaired) electrons. The summed E-state index contributed by atoms with van der Waals surface area (Å²) in [6, 6.07) is 14.8. The highest BCUT2D eigenvalue weighted by Crippen LogP contribution is 2.40. The minimum absolute atomic E-state index is 0.600. The van der Waals surface area contributed by atoms with E-state index in [9.17, 15) is 0 Å². The minimum atomic E-state index is 0.600. The molecule has 0 bridgehead atoms. The summed E-state index contributed by atoms with van der Waals surface area (Å²) in [4.78, 5) is 0. The smallest absolute Gasteiger partial charge is 0.123 e. The van der Waals surface area contributed by atoms with Crippen molar-refractivity contribution in [3.05, 3.63) is 53.6 Å². The monoisotopic (exact) mass is 240 g/mol. The average Bonchev–Trinajstić information content (AvgIpc) is 2.79. The van der Waals surface area contributed by atoms with Crippen LogP contribution in [0, 0.1) is 0 Å². The lowest BCUT2D eigenvalue weighted by Gasteiger charge is -2.10. The molecular formula is C16H16O2. The predicted molar refractivity (Wildman–Crippen MR) is 72.1 cm³/mol. The highest BCUT2D eigenvalue weighted by molar-refractivity contribution is 5.78. The molecule has 2 heteroatoms. The number of benzene rings is 2. The van der Waals surface area contributed by atoms with E-state index in [-0.39, 0.29) is 0 Å². The van der Waals surface area contributed by atoms with Gasteiger partial charge in [-0.05, 0) is 22.8 Å². The van der Waals surface area contributed by atoms with Gasteiger partial charge in [-0.25, -0.2) is 0 Å². The van der Waals surface area contributed by atoms with Crippen LogP contribution in [0.3, 0.4) is 0 Å². The molecule has 92 valence electrons. The standard InChI is InChI=1S/C16H16O2/c1-17-9-10-18-16-8-4-7-14-13-6-3-2-5-12(13)11-15(14)16/h2-8H,9-11H2,1H3. The highest BCUT2D eigenvalue weighted by Gasteiger charge is 2.20. The molecule has 0 saturated carbocycles. The lowest BCUT2D eigenvalue weighted by atomic mass is 10.1. The first kappa shape index (κ1) is 11.3. The van der Waals surface area contributed by atoms with Crippen molar-refractivity contribution in [1.82, 2.24) is 0 Å². The van der Waals surface area contributed by atoms with E-state index in [4.69, 9.17) is 9.47 Å². The summed E-state index contributed by atoms with van der Waals surface area (Å²) in [5, 5.41) is 0. The molecule has 1 aliphatic carbocycles. The zero-order valence-electron chi connectivity index (χ0n) is 10.5. The zero-order valence-corrected chi connectivity index (χ0v) is 10.5. The second-order valence-electron chi connectivity index (χ2n) is 4.46. The van der Waals surface area contributed by atoms with Gasteiger partial charge in [0.15, 0.2) is 0 Å². The van der Waals surface area contributed by atoms with Gasteiger partial charge in [-0.2, -0.15) is 0 Å². The molecule has 0 saturated heterocycles. The van der Waals surface area contributed by atoms with E-state index in [1.165, 1.54) is 22.3 Å². The first-order valence-electron chi connectivity index (χ1n) is 6.22. The van der Waals surface area contributed by atoms with E-state index >= 15 is 0 Å². The molecule has 0 heterocycles. The van der Waals surface area contributed by atoms with Crippen LogP contribution in [0.15, 0.2) is 42.5 Å². The van der Waals surface area contributed by atoms with Crippen molar-refractivity contribution in [2.45, 2.75) is 6.42 Å². The molecule has 2 aromatic rings. The summed E-state index contributed by atoms with van der Waals surface area (Å²) >= 11 is 0. The molecule has 1 aliphatic rings. The fourth-order valence-electron chi connectivity index (χ4n) is 2.50. The molecule has 0 N–H and O–H groups in total. The number of hydrogen-bond acceptors (Lipinski definition) is 2. The molecule has 0 spiro atoms. The predicted octanol–water partition coefficient (Wildman–Crippen LogP) is 3.28. The normalized spacial score (nSPS) is 12.1. The molecule has 0 fully saturated rings. The number of rotatable bonds is 4. The minimum Gasteiger partial charge on any atom is -0.491 e. The van der Waals surface area contributed by atoms with Gasteiger partial charge in [0.25, 0.3) is 0 Å². The zero-order chi connectivity index (χ0) is 12.4. The molecule has 0 atom stereocenters. The first-order chi connectivity index (χ1) is 8.90. The fraction of sp³-hybridized carbons (Fsp3) is 0.250. The van der Waals surface area contributed by atoms with Crippen molar-refractivity contribution in [1.29, 1.82) is 0 Å². The Morgan fingerprint density at radius 1 is 0.944 bits per heavy atom. The molecule has 18 heavy (non-hydrogen) atoms. The Morgan fingerprint density at radius 2 is 1.78 bits per heavy atom. The fourth-order valence-corrected chi connectivity index (χ4v) is 2.50. The molecule has 0 unspecified atom stereocenters. The second kappa shape index (κ2) is 4.83. The van der Waals surface area contributed by atoms with Crippen LogP contribution in [0.1, 0.15) is 11.1 Å². The van der Waals surface area contributed by atoms with Crippen molar-refractivity contribution < 1.29 is 9.47 Å². The maximum Gasteiger partial charge on any atom is 0.123 e. The summed E-state index contributed by atoms with van der Waals surface area (Å²) in [5.74, 6) is 0.987. The Kier molecular flexibility index (Phi) is 3.03. The largest absolute Gasteiger partial charge is 0.491 e. The summed E-state index contributed by atoms with van der Waals surface area (Å²) in [6.07, 6.45) is 0.967. The highest BCUT2D eigenvalue weighted by atomic mass is 16.5. The third kappa shape index (κ3) is 1.89. The van der Waals surface area contributed by atoms with Crippen LogP contribution in [0.5, 0.6) is 5.75 Å². The van der Waals surface area contributed by atoms with Crippen LogP contribution in [0.2, 0.25) is 0 Å². The maximum atomic E-state index is 5.80. The Balaban J connectivity index is 1.93. The lowest BCUT2D eigenvalue weighted by Crippen LogP contribution is -2.05. The number of hydrogen-bond donors (Lipinski definition) is 0. The van der Waals surface area contributed by atoms with E-state index < -0.39 is 0 Å². The van der Waals surface area contributed by atoms with Crippen LogP contribution in [0.4, 0.5) is 0 Å². The van der Waals surface area contributed by atoms with Crippen molar-refractivity contribution in [3.8, 4) is 16.9 Å². The van der Waals surface area contributed by atoms with Gasteiger partial charge in [0.2, 0.25) is 0 Å². The van der Waals surface area contributed by atoms with E-state index in [1.54, 1.807) is 7.11 Å². The Labute approximate surface area is 107 Å². The van der Waals surface area contributed by atoms with E-state index in [0.717, 1.165) is 12.2 Å². The van der Waals surface area contributed by atoms with E-state index in [2.05, 4.69) is 36.4 Å². The van der Waals surface area contributed by atoms with Gasteiger partial charge < -0.3 is 9.47 Å². The van der Waals surface area contributed by atoms with Crippen molar-refractivity contribution in [2.24, 2.45) is 0 Å². The summed E-state index contributed by atoms with van der Waals surface area (Å²) < 4.78 is 10.8. The van der Waals surface area contributed by atoms with Gasteiger partial charge in [-0.3, -0.25) is 0 Å².